The highest BCUT2D eigenvalue weighted by molar-refractivity contribution is 5.91. The maximum absolute atomic E-state index is 12.4. The molecule has 7 atom stereocenters. The number of hydrogen-bond acceptors (Lipinski definition) is 5. The molecule has 2 N–H and O–H groups in total. The summed E-state index contributed by atoms with van der Waals surface area (Å²) in [6, 6.07) is 0. The van der Waals surface area contributed by atoms with Gasteiger partial charge in [0.15, 0.2) is 17.9 Å². The third kappa shape index (κ3) is 1.78. The van der Waals surface area contributed by atoms with Crippen molar-refractivity contribution in [1.29, 1.82) is 0 Å². The molecule has 1 heterocycles. The molecule has 0 aromatic rings. The molecule has 0 aromatic heterocycles. The Morgan fingerprint density at radius 3 is 2.77 bits per heavy atom. The summed E-state index contributed by atoms with van der Waals surface area (Å²) in [5.41, 5.74) is 0.165. The third-order valence-corrected chi connectivity index (χ3v) is 8.93. The van der Waals surface area contributed by atoms with Crippen molar-refractivity contribution in [3.63, 3.8) is 0 Å². The highest BCUT2D eigenvalue weighted by Gasteiger charge is 2.74. The number of hydrogen-bond donors (Lipinski definition) is 2. The number of rotatable bonds is 2. The van der Waals surface area contributed by atoms with Gasteiger partial charge in [0.1, 0.15) is 6.61 Å². The average Bonchev–Trinajstić information content (AvgIpc) is 3.05. The van der Waals surface area contributed by atoms with Crippen molar-refractivity contribution in [2.24, 2.45) is 28.6 Å². The van der Waals surface area contributed by atoms with Gasteiger partial charge >= 0.3 is 0 Å². The van der Waals surface area contributed by atoms with Crippen molar-refractivity contribution >= 4 is 11.6 Å². The van der Waals surface area contributed by atoms with E-state index in [0.717, 1.165) is 44.1 Å². The lowest BCUT2D eigenvalue weighted by Crippen LogP contribution is -2.59. The van der Waals surface area contributed by atoms with Crippen LogP contribution in [0.3, 0.4) is 0 Å². The van der Waals surface area contributed by atoms with Crippen LogP contribution in [0, 0.1) is 28.6 Å². The largest absolute Gasteiger partial charge is 0.389 e. The van der Waals surface area contributed by atoms with Crippen molar-refractivity contribution in [3.05, 3.63) is 11.6 Å². The lowest BCUT2D eigenvalue weighted by Gasteiger charge is -2.58. The molecule has 0 radical (unpaired) electrons. The number of aliphatic hydroxyl groups excluding tert-OH is 2. The van der Waals surface area contributed by atoms with Crippen molar-refractivity contribution in [2.75, 3.05) is 6.61 Å². The highest BCUT2D eigenvalue weighted by Crippen LogP contribution is 2.73. The normalized spacial score (nSPS) is 52.1. The SMILES string of the molecule is C[C@]12CC[C@H]3[C@@]4(CCC5=CC(=O)CC[C@@]53[C@H](O)O4)[C@@H]1CC[C@@H]2C(=O)CO. The van der Waals surface area contributed by atoms with Crippen LogP contribution in [0.2, 0.25) is 0 Å². The van der Waals surface area contributed by atoms with Crippen LogP contribution in [0.5, 0.6) is 0 Å². The van der Waals surface area contributed by atoms with Gasteiger partial charge in [0.25, 0.3) is 0 Å². The summed E-state index contributed by atoms with van der Waals surface area (Å²) in [7, 11) is 0. The van der Waals surface area contributed by atoms with Gasteiger partial charge in [-0.15, -0.1) is 0 Å². The number of Topliss-reactive ketones (excluding diaryl/α,β-unsaturated/α-hetero) is 1. The lowest BCUT2D eigenvalue weighted by molar-refractivity contribution is -0.199. The van der Waals surface area contributed by atoms with E-state index >= 15 is 0 Å². The Kier molecular flexibility index (Phi) is 3.46. The molecule has 0 aromatic carbocycles. The third-order valence-electron chi connectivity index (χ3n) is 8.93. The second-order valence-electron chi connectivity index (χ2n) is 9.51. The summed E-state index contributed by atoms with van der Waals surface area (Å²) in [5, 5.41) is 20.5. The zero-order chi connectivity index (χ0) is 18.3. The number of fused-ring (bicyclic) bond motifs is 1. The van der Waals surface area contributed by atoms with Crippen LogP contribution in [-0.4, -0.2) is 40.3 Å². The molecule has 5 rings (SSSR count). The molecule has 26 heavy (non-hydrogen) atoms. The Hall–Kier alpha value is -1.04. The van der Waals surface area contributed by atoms with Gasteiger partial charge < -0.3 is 14.9 Å². The van der Waals surface area contributed by atoms with Gasteiger partial charge in [0.05, 0.1) is 5.60 Å². The van der Waals surface area contributed by atoms with E-state index in [4.69, 9.17) is 4.74 Å². The number of carbonyl (C=O) groups excluding carboxylic acids is 2. The second-order valence-corrected chi connectivity index (χ2v) is 9.51. The Bertz CT molecular complexity index is 713. The summed E-state index contributed by atoms with van der Waals surface area (Å²) in [6.07, 6.45) is 7.34. The van der Waals surface area contributed by atoms with Gasteiger partial charge in [0.2, 0.25) is 0 Å². The second kappa shape index (κ2) is 5.27. The molecule has 4 fully saturated rings. The smallest absolute Gasteiger partial charge is 0.165 e. The summed E-state index contributed by atoms with van der Waals surface area (Å²) < 4.78 is 6.44. The zero-order valence-electron chi connectivity index (χ0n) is 15.4. The Morgan fingerprint density at radius 1 is 1.19 bits per heavy atom. The van der Waals surface area contributed by atoms with Crippen molar-refractivity contribution in [1.82, 2.24) is 0 Å². The molecule has 3 saturated carbocycles. The van der Waals surface area contributed by atoms with E-state index in [9.17, 15) is 19.8 Å². The van der Waals surface area contributed by atoms with Crippen LogP contribution in [0.1, 0.15) is 58.3 Å². The van der Waals surface area contributed by atoms with Crippen molar-refractivity contribution in [3.8, 4) is 0 Å². The summed E-state index contributed by atoms with van der Waals surface area (Å²) in [4.78, 5) is 24.4. The molecule has 1 spiro atoms. The first-order chi connectivity index (χ1) is 12.4. The fraction of sp³-hybridized carbons (Fsp3) is 0.810. The Morgan fingerprint density at radius 2 is 2.00 bits per heavy atom. The molecule has 5 nitrogen and oxygen atoms in total. The van der Waals surface area contributed by atoms with E-state index in [1.165, 1.54) is 0 Å². The average molecular weight is 360 g/mol. The van der Waals surface area contributed by atoms with Gasteiger partial charge in [0, 0.05) is 23.7 Å². The molecule has 4 aliphatic carbocycles. The highest BCUT2D eigenvalue weighted by atomic mass is 16.6. The van der Waals surface area contributed by atoms with Crippen molar-refractivity contribution in [2.45, 2.75) is 70.2 Å². The molecule has 5 aliphatic rings. The number of ether oxygens (including phenoxy) is 1. The zero-order valence-corrected chi connectivity index (χ0v) is 15.4. The van der Waals surface area contributed by atoms with Gasteiger partial charge in [-0.2, -0.15) is 0 Å². The van der Waals surface area contributed by atoms with Gasteiger partial charge in [-0.25, -0.2) is 0 Å². The van der Waals surface area contributed by atoms with E-state index in [2.05, 4.69) is 6.92 Å². The molecular weight excluding hydrogens is 332 g/mol. The van der Waals surface area contributed by atoms with Gasteiger partial charge in [-0.1, -0.05) is 12.5 Å². The van der Waals surface area contributed by atoms with Crippen LogP contribution < -0.4 is 0 Å². The number of carbonyl (C=O) groups is 2. The molecule has 2 bridgehead atoms. The van der Waals surface area contributed by atoms with Crippen molar-refractivity contribution < 1.29 is 24.5 Å². The van der Waals surface area contributed by atoms with Crippen LogP contribution in [0.4, 0.5) is 0 Å². The summed E-state index contributed by atoms with van der Waals surface area (Å²) >= 11 is 0. The maximum atomic E-state index is 12.4. The molecule has 0 unspecified atom stereocenters. The standard InChI is InChI=1S/C21H28O5/c1-19-7-6-17-20-8-5-13(23)10-12(20)4-9-21(17,26-18(20)25)16(19)3-2-14(19)15(24)11-22/h10,14,16-18,22,25H,2-9,11H2,1H3/t14-,16-,17-,18-,19-,20-,21-/m1/s1. The first-order valence-electron chi connectivity index (χ1n) is 10.1. The fourth-order valence-electron chi connectivity index (χ4n) is 7.92. The van der Waals surface area contributed by atoms with Crippen LogP contribution in [-0.2, 0) is 14.3 Å². The van der Waals surface area contributed by atoms with E-state index in [1.54, 1.807) is 6.08 Å². The fourth-order valence-corrected chi connectivity index (χ4v) is 7.92. The van der Waals surface area contributed by atoms with Gasteiger partial charge in [-0.05, 0) is 62.4 Å². The Balaban J connectivity index is 1.59. The lowest BCUT2D eigenvalue weighted by atomic mass is 9.45. The Labute approximate surface area is 153 Å². The van der Waals surface area contributed by atoms with Gasteiger partial charge in [-0.3, -0.25) is 9.59 Å². The van der Waals surface area contributed by atoms with E-state index < -0.39 is 11.7 Å². The molecule has 5 heteroatoms. The molecule has 1 aliphatic heterocycles. The quantitative estimate of drug-likeness (QED) is 0.788. The van der Waals surface area contributed by atoms with E-state index in [1.807, 2.05) is 0 Å². The predicted molar refractivity (Wildman–Crippen MR) is 93.0 cm³/mol. The van der Waals surface area contributed by atoms with E-state index in [-0.39, 0.29) is 46.9 Å². The molecule has 1 saturated heterocycles. The molecular formula is C21H28O5. The number of aliphatic hydroxyl groups is 2. The molecule has 0 amide bonds. The first-order valence-corrected chi connectivity index (χ1v) is 10.1. The maximum Gasteiger partial charge on any atom is 0.165 e. The van der Waals surface area contributed by atoms with E-state index in [0.29, 0.717) is 12.8 Å². The van der Waals surface area contributed by atoms with Crippen LogP contribution >= 0.6 is 0 Å². The predicted octanol–water partition coefficient (Wildman–Crippen LogP) is 2.15. The monoisotopic (exact) mass is 360 g/mol. The molecule has 142 valence electrons. The van der Waals surface area contributed by atoms with Crippen LogP contribution in [0.25, 0.3) is 0 Å². The number of ketones is 2. The first kappa shape index (κ1) is 17.1. The van der Waals surface area contributed by atoms with Crippen LogP contribution in [0.15, 0.2) is 11.6 Å². The topological polar surface area (TPSA) is 83.8 Å². The summed E-state index contributed by atoms with van der Waals surface area (Å²) in [5.74, 6) is 0.502. The minimum atomic E-state index is -0.843. The minimum absolute atomic E-state index is 0.0437. The minimum Gasteiger partial charge on any atom is -0.389 e. The summed E-state index contributed by atoms with van der Waals surface area (Å²) in [6.45, 7) is 1.82.